The molecule has 3 saturated carbocycles. The van der Waals surface area contributed by atoms with Gasteiger partial charge in [0.15, 0.2) is 17.1 Å². The van der Waals surface area contributed by atoms with Crippen molar-refractivity contribution >= 4 is 36.3 Å². The zero-order valence-corrected chi connectivity index (χ0v) is 39.8. The van der Waals surface area contributed by atoms with Crippen molar-refractivity contribution in [3.05, 3.63) is 45.9 Å². The Balaban J connectivity index is 0.920. The predicted octanol–water partition coefficient (Wildman–Crippen LogP) is 8.85. The van der Waals surface area contributed by atoms with Gasteiger partial charge in [-0.05, 0) is 31.6 Å². The first kappa shape index (κ1) is 48.6. The summed E-state index contributed by atoms with van der Waals surface area (Å²) < 4.78 is 0. The van der Waals surface area contributed by atoms with E-state index >= 15 is 0 Å². The van der Waals surface area contributed by atoms with Crippen LogP contribution in [0.4, 0.5) is 5.69 Å². The number of aliphatic hydroxyl groups excluding tert-OH is 3. The van der Waals surface area contributed by atoms with E-state index in [4.69, 9.17) is 5.73 Å². The second-order valence-corrected chi connectivity index (χ2v) is 26.1. The molecule has 0 aliphatic heterocycles. The maximum absolute atomic E-state index is 14.2. The molecule has 0 aromatic heterocycles. The molecule has 0 spiro atoms. The Morgan fingerprint density at radius 3 is 1.78 bits per heavy atom. The van der Waals surface area contributed by atoms with Gasteiger partial charge in [0.05, 0.1) is 29.3 Å². The van der Waals surface area contributed by atoms with Gasteiger partial charge in [-0.3, -0.25) is 19.3 Å². The fourth-order valence-corrected chi connectivity index (χ4v) is 22.8. The van der Waals surface area contributed by atoms with Crippen LogP contribution in [0.5, 0.6) is 5.75 Å². The van der Waals surface area contributed by atoms with Gasteiger partial charge in [0.2, 0.25) is 5.78 Å². The van der Waals surface area contributed by atoms with Gasteiger partial charge < -0.3 is 31.3 Å². The smallest absolute Gasteiger partial charge is 0.255 e. The number of nitrogens with two attached hydrogens (primary N) is 1. The van der Waals surface area contributed by atoms with Crippen LogP contribution in [0, 0.1) is 11.8 Å². The summed E-state index contributed by atoms with van der Waals surface area (Å²) in [5.41, 5.74) is 4.36. The Labute approximate surface area is 381 Å². The van der Waals surface area contributed by atoms with Gasteiger partial charge >= 0.3 is 201 Å². The number of ketones is 2. The number of nitrogens with one attached hydrogen (secondary N) is 1. The number of phenols is 1. The summed E-state index contributed by atoms with van der Waals surface area (Å²) in [5.74, 6) is -9.88. The summed E-state index contributed by atoms with van der Waals surface area (Å²) in [5, 5.41) is 60.7. The first-order valence-corrected chi connectivity index (χ1v) is 27.6. The third-order valence-corrected chi connectivity index (χ3v) is 24.8. The summed E-state index contributed by atoms with van der Waals surface area (Å²) in [6.45, 7) is 1.68. The Kier molecular flexibility index (Phi) is 15.7. The summed E-state index contributed by atoms with van der Waals surface area (Å²) in [4.78, 5) is 54.8. The van der Waals surface area contributed by atoms with Gasteiger partial charge in [0.1, 0.15) is 17.1 Å². The fraction of sp³-hybridized carbons (Fsp3) is 0.725. The van der Waals surface area contributed by atoms with Gasteiger partial charge in [-0.25, -0.2) is 0 Å². The van der Waals surface area contributed by atoms with Crippen molar-refractivity contribution in [2.75, 3.05) is 25.6 Å². The number of primary amides is 1. The second-order valence-electron chi connectivity index (χ2n) is 21.0. The van der Waals surface area contributed by atoms with Crippen molar-refractivity contribution in [3.63, 3.8) is 0 Å². The summed E-state index contributed by atoms with van der Waals surface area (Å²) in [6.07, 6.45) is 31.6. The van der Waals surface area contributed by atoms with E-state index in [0.29, 0.717) is 12.0 Å². The normalized spacial score (nSPS) is 28.8. The number of rotatable bonds is 17. The van der Waals surface area contributed by atoms with Crippen LogP contribution in [0.3, 0.4) is 0 Å². The predicted molar refractivity (Wildman–Crippen MR) is 254 cm³/mol. The number of amides is 2. The molecular formula is C51H78N3O9P. The molecule has 6 atom stereocenters. The molecule has 1 aromatic rings. The van der Waals surface area contributed by atoms with Crippen LogP contribution in [-0.2, 0) is 14.4 Å². The molecule has 0 saturated heterocycles. The number of aromatic hydroxyl groups is 1. The molecule has 0 radical (unpaired) electrons. The minimum atomic E-state index is -2.99. The molecule has 12 nitrogen and oxygen atoms in total. The number of likely N-dealkylation sites (N-methyl/N-ethyl adjacent to an activating group) is 1. The zero-order chi connectivity index (χ0) is 45.9. The number of carbonyl (C=O) groups excluding carboxylic acids is 4. The van der Waals surface area contributed by atoms with Gasteiger partial charge in [-0.2, -0.15) is 0 Å². The summed E-state index contributed by atoms with van der Waals surface area (Å²) >= 11 is 0. The molecule has 13 heteroatoms. The monoisotopic (exact) mass is 908 g/mol. The van der Waals surface area contributed by atoms with Gasteiger partial charge in [-0.1, -0.05) is 13.0 Å². The number of aliphatic hydroxyl groups is 4. The van der Waals surface area contributed by atoms with Crippen molar-refractivity contribution < 1.29 is 44.7 Å². The van der Waals surface area contributed by atoms with E-state index < -0.39 is 88.7 Å². The van der Waals surface area contributed by atoms with E-state index in [0.717, 1.165) is 36.2 Å². The van der Waals surface area contributed by atoms with Crippen molar-refractivity contribution in [1.82, 2.24) is 4.90 Å². The molecule has 1 aromatic carbocycles. The Hall–Kier alpha value is -3.31. The zero-order valence-electron chi connectivity index (χ0n) is 38.8. The average Bonchev–Trinajstić information content (AvgIpc) is 3.28. The topological polar surface area (TPSA) is 211 Å². The van der Waals surface area contributed by atoms with Crippen LogP contribution in [0.1, 0.15) is 183 Å². The molecule has 3 fully saturated rings. The first-order chi connectivity index (χ1) is 30.7. The molecule has 8 N–H and O–H groups in total. The minimum absolute atomic E-state index is 0.00334. The maximum Gasteiger partial charge on any atom is 0.255 e. The number of benzene rings is 1. The van der Waals surface area contributed by atoms with Crippen LogP contribution >= 0.6 is 7.26 Å². The number of anilines is 1. The average molecular weight is 908 g/mol. The molecule has 7 rings (SSSR count). The Bertz CT molecular complexity index is 1920. The van der Waals surface area contributed by atoms with Crippen LogP contribution in [0.15, 0.2) is 34.8 Å². The largest absolute Gasteiger partial charge is 0.510 e. The van der Waals surface area contributed by atoms with Crippen molar-refractivity contribution in [2.45, 2.75) is 202 Å². The minimum Gasteiger partial charge on any atom is -0.510 e. The number of hydrogen-bond acceptors (Lipinski definition) is 10. The van der Waals surface area contributed by atoms with Crippen LogP contribution < -0.4 is 11.1 Å². The molecule has 6 aliphatic rings. The number of unbranched alkanes of at least 4 members (excludes halogenated alkanes) is 7. The van der Waals surface area contributed by atoms with Crippen LogP contribution in [0.25, 0.3) is 0 Å². The summed E-state index contributed by atoms with van der Waals surface area (Å²) in [6, 6.07) is 1.75. The quantitative estimate of drug-likeness (QED) is 0.0342. The molecule has 64 heavy (non-hydrogen) atoms. The van der Waals surface area contributed by atoms with Crippen molar-refractivity contribution in [3.8, 4) is 5.75 Å². The standard InChI is InChI=1S/C51H78N3O9P/c1-31-35-28-29-36(44(56)39(35)45(57)40-38(31)46(58)42-43(54(2)3)47(59)41(50(52)62)49(61)51(42,63)48(40)60)53-37(55)27-19-8-6-4-5-7-9-20-30-64(32-21-13-10-14-22-32,33-23-15-11-16-24-33)34-25-17-12-18-26-34/h28-29,31-34,38,42-43,46,56,58-60,63-64H,4-27,30H2,1-3H3,(H2,52,62)(H,53,55)/t31-,38+,42+,43-,46-,51-/m0/s1. The molecular weight excluding hydrogens is 830 g/mol. The number of hydrogen-bond donors (Lipinski definition) is 7. The molecule has 2 amide bonds. The number of Topliss-reactive ketones (excluding diaryl/α,β-unsaturated/α-hetero) is 2. The maximum atomic E-state index is 14.2. The number of phenolic OH excluding ortho intramolecular Hbond substituents is 1. The number of nitrogens with zero attached hydrogens (tertiary/aromatic N) is 1. The van der Waals surface area contributed by atoms with E-state index in [1.165, 1.54) is 147 Å². The Morgan fingerprint density at radius 2 is 1.28 bits per heavy atom. The SMILES string of the molecule is C[C@H]1c2ccc(NC(=O)CCCCCCCCCC[PH](C3CCCCC3)(C3CCCCC3)C3CCCCC3)c(O)c2C(=O)C2=C(O)[C@]3(O)C(=O)C(C(N)=O)=C(O)[C@@H](N(C)C)[C@@H]3[C@@H](O)[C@@H]21. The van der Waals surface area contributed by atoms with Crippen LogP contribution in [0.2, 0.25) is 0 Å². The molecule has 0 bridgehead atoms. The molecule has 356 valence electrons. The van der Waals surface area contributed by atoms with Crippen molar-refractivity contribution in [1.29, 1.82) is 0 Å². The van der Waals surface area contributed by atoms with Gasteiger partial charge in [-0.15, -0.1) is 0 Å². The van der Waals surface area contributed by atoms with Gasteiger partial charge in [0, 0.05) is 11.5 Å². The third-order valence-electron chi connectivity index (χ3n) is 17.3. The van der Waals surface area contributed by atoms with E-state index in [1.807, 2.05) is 0 Å². The van der Waals surface area contributed by atoms with Crippen molar-refractivity contribution in [2.24, 2.45) is 17.6 Å². The van der Waals surface area contributed by atoms with E-state index in [1.54, 1.807) is 19.2 Å². The fourth-order valence-electron chi connectivity index (χ4n) is 14.2. The van der Waals surface area contributed by atoms with E-state index in [-0.39, 0.29) is 23.6 Å². The molecule has 6 aliphatic carbocycles. The van der Waals surface area contributed by atoms with E-state index in [9.17, 15) is 44.7 Å². The first-order valence-electron chi connectivity index (χ1n) is 25.2. The Morgan fingerprint density at radius 1 is 0.781 bits per heavy atom. The summed E-state index contributed by atoms with van der Waals surface area (Å²) in [7, 11) is 1.58. The molecule has 0 heterocycles. The molecule has 0 unspecified atom stereocenters. The third kappa shape index (κ3) is 8.95. The van der Waals surface area contributed by atoms with E-state index in [2.05, 4.69) is 5.32 Å². The number of fused-ring (bicyclic) bond motifs is 3. The second kappa shape index (κ2) is 20.7. The number of carbonyl (C=O) groups is 4. The van der Waals surface area contributed by atoms with Crippen LogP contribution in [-0.4, -0.2) is 109 Å². The van der Waals surface area contributed by atoms with Gasteiger partial charge in [0.25, 0.3) is 5.91 Å².